The first-order valence-corrected chi connectivity index (χ1v) is 18.0. The number of Topliss-reactive ketones (excluding diaryl/α,β-unsaturated/α-hetero) is 3. The van der Waals surface area contributed by atoms with Gasteiger partial charge in [0, 0.05) is 43.6 Å². The molecule has 1 saturated heterocycles. The van der Waals surface area contributed by atoms with Crippen molar-refractivity contribution < 1.29 is 33.2 Å². The highest BCUT2D eigenvalue weighted by Gasteiger charge is 2.55. The maximum Gasteiger partial charge on any atom is 0.246 e. The van der Waals surface area contributed by atoms with Crippen molar-refractivity contribution in [3.05, 3.63) is 34.6 Å². The molecule has 0 aromatic heterocycles. The highest BCUT2D eigenvalue weighted by Crippen LogP contribution is 2.41. The van der Waals surface area contributed by atoms with E-state index in [1.165, 1.54) is 29.9 Å². The molecule has 2 heterocycles. The van der Waals surface area contributed by atoms with Crippen molar-refractivity contribution in [2.24, 2.45) is 22.4 Å². The zero-order valence-electron chi connectivity index (χ0n) is 29.0. The summed E-state index contributed by atoms with van der Waals surface area (Å²) in [5.41, 5.74) is -0.663. The van der Waals surface area contributed by atoms with Gasteiger partial charge in [0.15, 0.2) is 17.2 Å². The number of carbonyl (C=O) groups excluding carboxylic acids is 5. The molecule has 2 amide bonds. The van der Waals surface area contributed by atoms with Crippen molar-refractivity contribution in [3.63, 3.8) is 0 Å². The Labute approximate surface area is 288 Å². The van der Waals surface area contributed by atoms with Gasteiger partial charge in [-0.05, 0) is 42.7 Å². The second kappa shape index (κ2) is 16.0. The van der Waals surface area contributed by atoms with Gasteiger partial charge in [-0.1, -0.05) is 89.5 Å². The number of halogens is 2. The molecule has 2 aliphatic heterocycles. The van der Waals surface area contributed by atoms with E-state index in [0.29, 0.717) is 30.5 Å². The summed E-state index contributed by atoms with van der Waals surface area (Å²) >= 11 is 6.04. The van der Waals surface area contributed by atoms with Crippen LogP contribution in [-0.4, -0.2) is 64.0 Å². The summed E-state index contributed by atoms with van der Waals surface area (Å²) in [4.78, 5) is 74.9. The van der Waals surface area contributed by atoms with Crippen molar-refractivity contribution in [1.82, 2.24) is 10.2 Å². The zero-order valence-corrected chi connectivity index (χ0v) is 29.8. The Morgan fingerprint density at radius 2 is 1.79 bits per heavy atom. The predicted octanol–water partition coefficient (Wildman–Crippen LogP) is 6.76. The fourth-order valence-corrected chi connectivity index (χ4v) is 7.51. The maximum atomic E-state index is 14.5. The normalized spacial score (nSPS) is 22.9. The topological polar surface area (TPSA) is 122 Å². The Morgan fingerprint density at radius 1 is 1.10 bits per heavy atom. The van der Waals surface area contributed by atoms with Crippen LogP contribution in [0.5, 0.6) is 0 Å². The highest BCUT2D eigenvalue weighted by atomic mass is 35.5. The molecule has 264 valence electrons. The second-order valence-electron chi connectivity index (χ2n) is 15.0. The zero-order chi connectivity index (χ0) is 35.2. The summed E-state index contributed by atoms with van der Waals surface area (Å²) in [6.45, 7) is 9.16. The molecule has 1 unspecified atom stereocenters. The minimum atomic E-state index is -1.05. The van der Waals surface area contributed by atoms with Crippen molar-refractivity contribution in [3.8, 4) is 0 Å². The molecule has 4 rings (SSSR count). The van der Waals surface area contributed by atoms with Gasteiger partial charge in [-0.15, -0.1) is 0 Å². The molecule has 1 aromatic carbocycles. The van der Waals surface area contributed by atoms with Crippen molar-refractivity contribution in [2.75, 3.05) is 6.54 Å². The van der Waals surface area contributed by atoms with Crippen LogP contribution in [0, 0.1) is 23.1 Å². The number of hydrogen-bond acceptors (Lipinski definition) is 7. The molecule has 2 fully saturated rings. The van der Waals surface area contributed by atoms with Gasteiger partial charge in [-0.2, -0.15) is 0 Å². The molecule has 9 nitrogen and oxygen atoms in total. The van der Waals surface area contributed by atoms with Crippen LogP contribution < -0.4 is 5.32 Å². The highest BCUT2D eigenvalue weighted by molar-refractivity contribution is 6.38. The second-order valence-corrected chi connectivity index (χ2v) is 15.4. The summed E-state index contributed by atoms with van der Waals surface area (Å²) in [6, 6.07) is 2.37. The molecule has 1 aliphatic carbocycles. The number of likely N-dealkylation sites (tertiary alicyclic amines) is 1. The summed E-state index contributed by atoms with van der Waals surface area (Å²) in [5, 5.41) is 7.25. The first-order chi connectivity index (χ1) is 22.7. The molecule has 1 aromatic rings. The van der Waals surface area contributed by atoms with Crippen LogP contribution in [0.3, 0.4) is 0 Å². The van der Waals surface area contributed by atoms with Crippen molar-refractivity contribution in [1.29, 1.82) is 0 Å². The van der Waals surface area contributed by atoms with Gasteiger partial charge in [-0.25, -0.2) is 4.39 Å². The molecule has 48 heavy (non-hydrogen) atoms. The minimum Gasteiger partial charge on any atom is -0.387 e. The Kier molecular flexibility index (Phi) is 12.6. The Bertz CT molecular complexity index is 1420. The molecule has 0 bridgehead atoms. The number of carbonyl (C=O) groups is 5. The van der Waals surface area contributed by atoms with Gasteiger partial charge in [0.2, 0.25) is 17.6 Å². The fourth-order valence-electron chi connectivity index (χ4n) is 7.33. The van der Waals surface area contributed by atoms with E-state index in [1.54, 1.807) is 13.0 Å². The number of ketones is 3. The molecule has 3 aliphatic rings. The standard InChI is InChI=1S/C37H51ClFN3O6/c1-6-12-25(33(46)30(43)7-2)19-31(44)29-21-37(20-28(41-48-37)24-15-16-27(39)26(38)18-24)22-42(29)35(47)34(36(3,4)5)40-32(45)17-23-13-10-8-9-11-14-23/h15-16,18,23,25,29,34H,6-14,17,19-22H2,1-5H3,(H,40,45)/t25-,29?,34-,37-/m1/s1. The van der Waals surface area contributed by atoms with Crippen molar-refractivity contribution in [2.45, 2.75) is 136 Å². The van der Waals surface area contributed by atoms with Crippen LogP contribution in [-0.2, 0) is 28.8 Å². The maximum absolute atomic E-state index is 14.5. The van der Waals surface area contributed by atoms with E-state index in [0.717, 1.165) is 25.7 Å². The third kappa shape index (κ3) is 9.10. The van der Waals surface area contributed by atoms with Crippen molar-refractivity contribution >= 4 is 46.5 Å². The lowest BCUT2D eigenvalue weighted by Gasteiger charge is -2.36. The van der Waals surface area contributed by atoms with Crippen LogP contribution in [0.1, 0.15) is 124 Å². The Balaban J connectivity index is 1.61. The van der Waals surface area contributed by atoms with E-state index in [9.17, 15) is 28.4 Å². The lowest BCUT2D eigenvalue weighted by atomic mass is 9.84. The molecular formula is C37H51ClFN3O6. The number of hydrogen-bond donors (Lipinski definition) is 1. The van der Waals surface area contributed by atoms with Gasteiger partial charge in [0.1, 0.15) is 11.9 Å². The average molecular weight is 688 g/mol. The number of nitrogens with one attached hydrogen (secondary N) is 1. The molecule has 1 N–H and O–H groups in total. The van der Waals surface area contributed by atoms with Crippen LogP contribution in [0.4, 0.5) is 4.39 Å². The van der Waals surface area contributed by atoms with E-state index in [1.807, 2.05) is 27.7 Å². The minimum absolute atomic E-state index is 0.0233. The molecule has 1 spiro atoms. The smallest absolute Gasteiger partial charge is 0.246 e. The van der Waals surface area contributed by atoms with Crippen LogP contribution in [0.15, 0.2) is 23.4 Å². The van der Waals surface area contributed by atoms with E-state index in [-0.39, 0.29) is 54.9 Å². The SMILES string of the molecule is CCC[C@H](CC(=O)C1C[C@]2(CC(c3ccc(F)c(Cl)c3)=NO2)CN1C(=O)[C@@H](NC(=O)CC1CCCCCC1)C(C)(C)C)C(=O)C(=O)CC. The monoisotopic (exact) mass is 687 g/mol. The third-order valence-corrected chi connectivity index (χ3v) is 10.4. The number of oxime groups is 1. The largest absolute Gasteiger partial charge is 0.387 e. The molecular weight excluding hydrogens is 637 g/mol. The average Bonchev–Trinajstić information content (AvgIpc) is 3.54. The summed E-state index contributed by atoms with van der Waals surface area (Å²) < 4.78 is 13.9. The first-order valence-electron chi connectivity index (χ1n) is 17.6. The van der Waals surface area contributed by atoms with E-state index < -0.39 is 52.3 Å². The fraction of sp³-hybridized carbons (Fsp3) is 0.676. The van der Waals surface area contributed by atoms with Crippen LogP contribution in [0.2, 0.25) is 5.02 Å². The first kappa shape index (κ1) is 37.7. The Hall–Kier alpha value is -3.14. The van der Waals surface area contributed by atoms with E-state index in [4.69, 9.17) is 16.4 Å². The van der Waals surface area contributed by atoms with E-state index >= 15 is 0 Å². The lowest BCUT2D eigenvalue weighted by molar-refractivity contribution is -0.145. The van der Waals surface area contributed by atoms with Gasteiger partial charge >= 0.3 is 0 Å². The third-order valence-electron chi connectivity index (χ3n) is 10.1. The molecule has 11 heteroatoms. The predicted molar refractivity (Wildman–Crippen MR) is 182 cm³/mol. The Morgan fingerprint density at radius 3 is 2.40 bits per heavy atom. The van der Waals surface area contributed by atoms with Gasteiger partial charge in [0.25, 0.3) is 0 Å². The summed E-state index contributed by atoms with van der Waals surface area (Å²) in [7, 11) is 0. The van der Waals surface area contributed by atoms with Gasteiger partial charge in [0.05, 0.1) is 23.3 Å². The summed E-state index contributed by atoms with van der Waals surface area (Å²) in [6.07, 6.45) is 8.07. The quantitative estimate of drug-likeness (QED) is 0.181. The van der Waals surface area contributed by atoms with Gasteiger partial charge < -0.3 is 15.1 Å². The van der Waals surface area contributed by atoms with Crippen LogP contribution >= 0.6 is 11.6 Å². The lowest BCUT2D eigenvalue weighted by Crippen LogP contribution is -2.57. The number of nitrogens with zero attached hydrogens (tertiary/aromatic N) is 2. The number of amides is 2. The van der Waals surface area contributed by atoms with Crippen LogP contribution in [0.25, 0.3) is 0 Å². The molecule has 1 saturated carbocycles. The summed E-state index contributed by atoms with van der Waals surface area (Å²) in [5.74, 6) is -3.08. The molecule has 0 radical (unpaired) electrons. The van der Waals surface area contributed by atoms with Gasteiger partial charge in [-0.3, -0.25) is 24.0 Å². The van der Waals surface area contributed by atoms with E-state index in [2.05, 4.69) is 10.5 Å². The number of benzene rings is 1. The molecule has 4 atom stereocenters. The number of rotatable bonds is 13.